The Hall–Kier alpha value is -3.63. The molecule has 1 aliphatic rings. The zero-order valence-corrected chi connectivity index (χ0v) is 19.8. The Morgan fingerprint density at radius 1 is 0.853 bits per heavy atom. The zero-order chi connectivity index (χ0) is 23.1. The smallest absolute Gasteiger partial charge is 0.138 e. The third-order valence-electron chi connectivity index (χ3n) is 6.65. The molecule has 4 nitrogen and oxygen atoms in total. The number of fused-ring (bicyclic) bond motifs is 5. The van der Waals surface area contributed by atoms with Gasteiger partial charge in [0.05, 0.1) is 27.1 Å². The maximum Gasteiger partial charge on any atom is 0.138 e. The van der Waals surface area contributed by atoms with Gasteiger partial charge in [-0.3, -0.25) is 4.98 Å². The fourth-order valence-corrected chi connectivity index (χ4v) is 5.23. The van der Waals surface area contributed by atoms with Crippen LogP contribution >= 0.6 is 11.6 Å². The van der Waals surface area contributed by atoms with Crippen molar-refractivity contribution in [3.05, 3.63) is 106 Å². The van der Waals surface area contributed by atoms with Gasteiger partial charge in [-0.15, -0.1) is 0 Å². The molecule has 0 aliphatic carbocycles. The van der Waals surface area contributed by atoms with Gasteiger partial charge in [0.2, 0.25) is 0 Å². The average molecular weight is 465 g/mol. The Bertz CT molecular complexity index is 1500. The summed E-state index contributed by atoms with van der Waals surface area (Å²) in [5.74, 6) is 0.836. The van der Waals surface area contributed by atoms with Crippen LogP contribution in [0.3, 0.4) is 0 Å². The van der Waals surface area contributed by atoms with Crippen molar-refractivity contribution in [1.82, 2.24) is 9.97 Å². The fourth-order valence-electron chi connectivity index (χ4n) is 5.01. The van der Waals surface area contributed by atoms with Crippen LogP contribution in [-0.4, -0.2) is 16.5 Å². The molecule has 0 saturated heterocycles. The van der Waals surface area contributed by atoms with Crippen LogP contribution in [0, 0.1) is 6.92 Å². The number of halogens is 1. The molecule has 1 N–H and O–H groups in total. The molecule has 3 heterocycles. The van der Waals surface area contributed by atoms with Crippen molar-refractivity contribution in [2.45, 2.75) is 26.4 Å². The standard InChI is InChI=1S/C29H25ClN4/c1-19-22-15-16-34(18-21-11-6-3-7-12-21)28(22)25-27(32-19)23-13-8-14-24(30)26(23)33-29(25)31-17-20-9-4-2-5-10-20/h2-14H,15-18H2,1H3,(H,31,33). The monoisotopic (exact) mass is 464 g/mol. The molecule has 3 aromatic carbocycles. The molecule has 5 heteroatoms. The summed E-state index contributed by atoms with van der Waals surface area (Å²) in [6.45, 7) is 4.63. The number of pyridine rings is 2. The summed E-state index contributed by atoms with van der Waals surface area (Å²) in [5.41, 5.74) is 7.89. The highest BCUT2D eigenvalue weighted by Gasteiger charge is 2.28. The molecule has 0 bridgehead atoms. The first-order chi connectivity index (χ1) is 16.7. The normalized spacial score (nSPS) is 12.9. The number of rotatable bonds is 5. The van der Waals surface area contributed by atoms with Gasteiger partial charge in [-0.2, -0.15) is 0 Å². The predicted octanol–water partition coefficient (Wildman–Crippen LogP) is 6.92. The molecule has 0 saturated carbocycles. The van der Waals surface area contributed by atoms with Crippen LogP contribution in [0.2, 0.25) is 5.02 Å². The average Bonchev–Trinajstić information content (AvgIpc) is 3.28. The van der Waals surface area contributed by atoms with Gasteiger partial charge in [-0.25, -0.2) is 4.98 Å². The summed E-state index contributed by atoms with van der Waals surface area (Å²) in [6, 6.07) is 27.0. The second kappa shape index (κ2) is 8.62. The van der Waals surface area contributed by atoms with Gasteiger partial charge >= 0.3 is 0 Å². The largest absolute Gasteiger partial charge is 0.366 e. The van der Waals surface area contributed by atoms with Gasteiger partial charge in [-0.1, -0.05) is 84.4 Å². The molecule has 168 valence electrons. The molecule has 34 heavy (non-hydrogen) atoms. The maximum absolute atomic E-state index is 6.61. The molecule has 2 aromatic heterocycles. The summed E-state index contributed by atoms with van der Waals surface area (Å²) < 4.78 is 0. The van der Waals surface area contributed by atoms with Crippen LogP contribution in [0.1, 0.15) is 22.4 Å². The quantitative estimate of drug-likeness (QED) is 0.286. The molecule has 0 radical (unpaired) electrons. The second-order valence-corrected chi connectivity index (χ2v) is 9.25. The molecule has 0 spiro atoms. The van der Waals surface area contributed by atoms with Crippen LogP contribution in [-0.2, 0) is 19.5 Å². The molecular formula is C29H25ClN4. The SMILES string of the molecule is Cc1nc2c(c(NCc3ccccc3)nc3c(Cl)cccc32)c2c1CCN2Cc1ccccc1. The highest BCUT2D eigenvalue weighted by molar-refractivity contribution is 6.36. The summed E-state index contributed by atoms with van der Waals surface area (Å²) >= 11 is 6.61. The Labute approximate surface area is 204 Å². The highest BCUT2D eigenvalue weighted by Crippen LogP contribution is 2.43. The van der Waals surface area contributed by atoms with Crippen molar-refractivity contribution in [1.29, 1.82) is 0 Å². The summed E-state index contributed by atoms with van der Waals surface area (Å²) in [5, 5.41) is 6.34. The minimum absolute atomic E-state index is 0.642. The van der Waals surface area contributed by atoms with Crippen molar-refractivity contribution in [3.63, 3.8) is 0 Å². The van der Waals surface area contributed by atoms with E-state index in [1.54, 1.807) is 0 Å². The maximum atomic E-state index is 6.61. The van der Waals surface area contributed by atoms with Crippen molar-refractivity contribution in [2.75, 3.05) is 16.8 Å². The zero-order valence-electron chi connectivity index (χ0n) is 19.1. The topological polar surface area (TPSA) is 41.1 Å². The molecule has 0 fully saturated rings. The lowest BCUT2D eigenvalue weighted by Crippen LogP contribution is -2.20. The fraction of sp³-hybridized carbons (Fsp3) is 0.172. The minimum atomic E-state index is 0.642. The van der Waals surface area contributed by atoms with Gasteiger partial charge in [0.15, 0.2) is 0 Å². The van der Waals surface area contributed by atoms with Crippen LogP contribution in [0.25, 0.3) is 21.8 Å². The predicted molar refractivity (Wildman–Crippen MR) is 142 cm³/mol. The summed E-state index contributed by atoms with van der Waals surface area (Å²) in [7, 11) is 0. The van der Waals surface area contributed by atoms with E-state index < -0.39 is 0 Å². The van der Waals surface area contributed by atoms with E-state index in [1.165, 1.54) is 22.4 Å². The van der Waals surface area contributed by atoms with E-state index in [4.69, 9.17) is 21.6 Å². The lowest BCUT2D eigenvalue weighted by molar-refractivity contribution is 0.837. The van der Waals surface area contributed by atoms with E-state index in [9.17, 15) is 0 Å². The molecular weight excluding hydrogens is 440 g/mol. The van der Waals surface area contributed by atoms with E-state index in [2.05, 4.69) is 77.8 Å². The van der Waals surface area contributed by atoms with Crippen LogP contribution < -0.4 is 10.2 Å². The van der Waals surface area contributed by atoms with Crippen LogP contribution in [0.15, 0.2) is 78.9 Å². The number of aryl methyl sites for hydroxylation is 1. The Morgan fingerprint density at radius 2 is 1.59 bits per heavy atom. The number of anilines is 2. The molecule has 5 aromatic rings. The van der Waals surface area contributed by atoms with Gasteiger partial charge < -0.3 is 10.2 Å². The Morgan fingerprint density at radius 3 is 2.35 bits per heavy atom. The number of nitrogens with zero attached hydrogens (tertiary/aromatic N) is 3. The third-order valence-corrected chi connectivity index (χ3v) is 6.95. The van der Waals surface area contributed by atoms with Crippen LogP contribution in [0.4, 0.5) is 11.5 Å². The van der Waals surface area contributed by atoms with E-state index in [1.807, 2.05) is 18.2 Å². The third kappa shape index (κ3) is 3.64. The van der Waals surface area contributed by atoms with Gasteiger partial charge in [0.1, 0.15) is 5.82 Å². The number of hydrogen-bond acceptors (Lipinski definition) is 4. The van der Waals surface area contributed by atoms with Gasteiger partial charge in [0, 0.05) is 30.7 Å². The van der Waals surface area contributed by atoms with Crippen molar-refractivity contribution < 1.29 is 0 Å². The number of benzene rings is 3. The lowest BCUT2D eigenvalue weighted by atomic mass is 10.0. The first-order valence-electron chi connectivity index (χ1n) is 11.7. The summed E-state index contributed by atoms with van der Waals surface area (Å²) in [6.07, 6.45) is 0.989. The van der Waals surface area contributed by atoms with Crippen molar-refractivity contribution >= 4 is 44.9 Å². The lowest BCUT2D eigenvalue weighted by Gasteiger charge is -2.23. The van der Waals surface area contributed by atoms with Crippen molar-refractivity contribution in [3.8, 4) is 0 Å². The molecule has 0 unspecified atom stereocenters. The molecule has 0 atom stereocenters. The van der Waals surface area contributed by atoms with E-state index in [0.29, 0.717) is 11.6 Å². The Kier molecular flexibility index (Phi) is 5.31. The van der Waals surface area contributed by atoms with E-state index in [-0.39, 0.29) is 0 Å². The van der Waals surface area contributed by atoms with Gasteiger partial charge in [-0.05, 0) is 36.1 Å². The number of nitrogens with one attached hydrogen (secondary N) is 1. The highest BCUT2D eigenvalue weighted by atomic mass is 35.5. The van der Waals surface area contributed by atoms with Gasteiger partial charge in [0.25, 0.3) is 0 Å². The minimum Gasteiger partial charge on any atom is -0.366 e. The van der Waals surface area contributed by atoms with E-state index >= 15 is 0 Å². The molecule has 1 aliphatic heterocycles. The number of para-hydroxylation sites is 1. The second-order valence-electron chi connectivity index (χ2n) is 8.84. The van der Waals surface area contributed by atoms with E-state index in [0.717, 1.165) is 52.8 Å². The molecule has 0 amide bonds. The first kappa shape index (κ1) is 20.9. The first-order valence-corrected chi connectivity index (χ1v) is 12.0. The van der Waals surface area contributed by atoms with Crippen LogP contribution in [0.5, 0.6) is 0 Å². The number of hydrogen-bond donors (Lipinski definition) is 1. The number of aromatic nitrogens is 2. The van der Waals surface area contributed by atoms with Crippen molar-refractivity contribution in [2.24, 2.45) is 0 Å². The molecule has 6 rings (SSSR count). The summed E-state index contributed by atoms with van der Waals surface area (Å²) in [4.78, 5) is 12.6. The Balaban J connectivity index is 1.57.